The van der Waals surface area contributed by atoms with Gasteiger partial charge in [0.15, 0.2) is 0 Å². The van der Waals surface area contributed by atoms with Gasteiger partial charge in [0.2, 0.25) is 0 Å². The van der Waals surface area contributed by atoms with Crippen LogP contribution in [0.25, 0.3) is 0 Å². The van der Waals surface area contributed by atoms with Gasteiger partial charge in [-0.2, -0.15) is 18.3 Å². The van der Waals surface area contributed by atoms with Crippen LogP contribution in [0.2, 0.25) is 0 Å². The van der Waals surface area contributed by atoms with Gasteiger partial charge in [0.25, 0.3) is 0 Å². The molecule has 0 radical (unpaired) electrons. The fourth-order valence-electron chi connectivity index (χ4n) is 1.84. The van der Waals surface area contributed by atoms with Crippen LogP contribution in [0, 0.1) is 13.8 Å². The number of hydrogen-bond acceptors (Lipinski definition) is 3. The van der Waals surface area contributed by atoms with E-state index in [0.717, 1.165) is 11.1 Å². The molecule has 0 spiro atoms. The molecule has 1 heterocycles. The zero-order valence-electron chi connectivity index (χ0n) is 11.0. The van der Waals surface area contributed by atoms with Crippen molar-refractivity contribution in [3.63, 3.8) is 0 Å². The quantitative estimate of drug-likeness (QED) is 0.693. The molecule has 0 unspecified atom stereocenters. The minimum Gasteiger partial charge on any atom is -0.399 e. The first-order valence-electron chi connectivity index (χ1n) is 5.90. The molecule has 1 aromatic heterocycles. The molecule has 2 rings (SSSR count). The Labute approximate surface area is 119 Å². The number of nitrogens with zero attached hydrogens (tertiary/aromatic N) is 2. The van der Waals surface area contributed by atoms with Crippen molar-refractivity contribution in [3.8, 4) is 0 Å². The smallest absolute Gasteiger partial charge is 0.399 e. The van der Waals surface area contributed by atoms with E-state index in [9.17, 15) is 13.2 Å². The second-order valence-corrected chi connectivity index (χ2v) is 5.61. The molecule has 0 fully saturated rings. The molecule has 3 nitrogen and oxygen atoms in total. The summed E-state index contributed by atoms with van der Waals surface area (Å²) in [4.78, 5) is 0. The van der Waals surface area contributed by atoms with Gasteiger partial charge in [0, 0.05) is 17.4 Å². The van der Waals surface area contributed by atoms with Crippen LogP contribution in [0.4, 0.5) is 18.9 Å². The van der Waals surface area contributed by atoms with Gasteiger partial charge in [-0.05, 0) is 37.1 Å². The van der Waals surface area contributed by atoms with Crippen LogP contribution >= 0.6 is 11.8 Å². The number of halogens is 3. The highest BCUT2D eigenvalue weighted by atomic mass is 32.2. The second kappa shape index (κ2) is 5.40. The van der Waals surface area contributed by atoms with Gasteiger partial charge in [-0.25, -0.2) is 0 Å². The Bertz CT molecular complexity index is 620. The van der Waals surface area contributed by atoms with Crippen molar-refractivity contribution in [2.75, 3.05) is 5.73 Å². The van der Waals surface area contributed by atoms with Crippen LogP contribution in [-0.2, 0) is 6.54 Å². The van der Waals surface area contributed by atoms with Crippen LogP contribution in [0.15, 0.2) is 29.3 Å². The first kappa shape index (κ1) is 14.8. The lowest BCUT2D eigenvalue weighted by molar-refractivity contribution is -0.0330. The highest BCUT2D eigenvalue weighted by Gasteiger charge is 2.31. The molecule has 2 aromatic rings. The highest BCUT2D eigenvalue weighted by molar-refractivity contribution is 8.00. The monoisotopic (exact) mass is 301 g/mol. The molecule has 0 atom stereocenters. The van der Waals surface area contributed by atoms with Gasteiger partial charge < -0.3 is 5.73 Å². The Hall–Kier alpha value is -1.63. The van der Waals surface area contributed by atoms with E-state index in [0.29, 0.717) is 11.4 Å². The Balaban J connectivity index is 2.26. The van der Waals surface area contributed by atoms with Gasteiger partial charge in [0.1, 0.15) is 5.03 Å². The number of hydrogen-bond donors (Lipinski definition) is 1. The molecule has 7 heteroatoms. The normalized spacial score (nSPS) is 11.8. The molecular formula is C13H14F3N3S. The number of anilines is 1. The second-order valence-electron chi connectivity index (χ2n) is 4.52. The molecule has 20 heavy (non-hydrogen) atoms. The number of alkyl halides is 3. The van der Waals surface area contributed by atoms with Crippen molar-refractivity contribution < 1.29 is 13.2 Å². The summed E-state index contributed by atoms with van der Waals surface area (Å²) >= 11 is -0.149. The van der Waals surface area contributed by atoms with Crippen molar-refractivity contribution in [2.45, 2.75) is 30.9 Å². The Morgan fingerprint density at radius 1 is 1.25 bits per heavy atom. The van der Waals surface area contributed by atoms with E-state index >= 15 is 0 Å². The van der Waals surface area contributed by atoms with Crippen LogP contribution in [0.3, 0.4) is 0 Å². The first-order chi connectivity index (χ1) is 9.24. The van der Waals surface area contributed by atoms with Crippen molar-refractivity contribution in [1.29, 1.82) is 0 Å². The molecular weight excluding hydrogens is 287 g/mol. The molecule has 108 valence electrons. The summed E-state index contributed by atoms with van der Waals surface area (Å²) in [5.41, 5.74) is 4.39. The maximum Gasteiger partial charge on any atom is 0.447 e. The van der Waals surface area contributed by atoms with E-state index in [4.69, 9.17) is 5.73 Å². The zero-order chi connectivity index (χ0) is 14.9. The third-order valence-corrected chi connectivity index (χ3v) is 3.52. The van der Waals surface area contributed by atoms with E-state index in [1.54, 1.807) is 19.1 Å². The largest absolute Gasteiger partial charge is 0.447 e. The molecule has 2 N–H and O–H groups in total. The Morgan fingerprint density at radius 2 is 1.95 bits per heavy atom. The van der Waals surface area contributed by atoms with Crippen LogP contribution < -0.4 is 5.73 Å². The van der Waals surface area contributed by atoms with Gasteiger partial charge in [-0.1, -0.05) is 12.1 Å². The van der Waals surface area contributed by atoms with Gasteiger partial charge in [0.05, 0.1) is 12.2 Å². The predicted octanol–water partition coefficient (Wildman–Crippen LogP) is 3.74. The van der Waals surface area contributed by atoms with Gasteiger partial charge in [-0.15, -0.1) is 0 Å². The minimum atomic E-state index is -4.32. The van der Waals surface area contributed by atoms with Crippen molar-refractivity contribution in [1.82, 2.24) is 9.78 Å². The van der Waals surface area contributed by atoms with E-state index in [2.05, 4.69) is 5.10 Å². The molecule has 0 aliphatic rings. The van der Waals surface area contributed by atoms with Crippen molar-refractivity contribution in [2.24, 2.45) is 0 Å². The molecule has 0 aliphatic heterocycles. The summed E-state index contributed by atoms with van der Waals surface area (Å²) in [6.45, 7) is 3.82. The van der Waals surface area contributed by atoms with E-state index in [1.807, 2.05) is 13.0 Å². The number of thioether (sulfide) groups is 1. The molecule has 0 saturated carbocycles. The number of aromatic nitrogens is 2. The van der Waals surface area contributed by atoms with Crippen LogP contribution in [-0.4, -0.2) is 15.3 Å². The summed E-state index contributed by atoms with van der Waals surface area (Å²) in [6.07, 6.45) is 0. The van der Waals surface area contributed by atoms with Crippen LogP contribution in [0.1, 0.15) is 16.8 Å². The van der Waals surface area contributed by atoms with Gasteiger partial charge in [-0.3, -0.25) is 4.68 Å². The summed E-state index contributed by atoms with van der Waals surface area (Å²) in [5, 5.41) is 4.19. The highest BCUT2D eigenvalue weighted by Crippen LogP contribution is 2.37. The summed E-state index contributed by atoms with van der Waals surface area (Å²) in [7, 11) is 0. The molecule has 0 aliphatic carbocycles. The number of aryl methyl sites for hydroxylation is 2. The lowest BCUT2D eigenvalue weighted by atomic mass is 10.1. The molecule has 0 bridgehead atoms. The number of nitrogen functional groups attached to an aromatic ring is 1. The van der Waals surface area contributed by atoms with Crippen molar-refractivity contribution >= 4 is 17.4 Å². The Kier molecular flexibility index (Phi) is 3.99. The fourth-order valence-corrected chi connectivity index (χ4v) is 2.52. The number of nitrogens with two attached hydrogens (primary N) is 1. The zero-order valence-corrected chi connectivity index (χ0v) is 11.8. The standard InChI is InChI=1S/C13H14F3N3S/c1-8-5-10(3-4-11(8)17)7-19-12(6-9(2)18-19)20-13(14,15)16/h3-6H,7,17H2,1-2H3. The lowest BCUT2D eigenvalue weighted by Gasteiger charge is -2.10. The average molecular weight is 301 g/mol. The summed E-state index contributed by atoms with van der Waals surface area (Å²) < 4.78 is 38.8. The molecule has 0 saturated heterocycles. The molecule has 0 amide bonds. The first-order valence-corrected chi connectivity index (χ1v) is 6.71. The van der Waals surface area contributed by atoms with Crippen LogP contribution in [0.5, 0.6) is 0 Å². The maximum absolute atomic E-state index is 12.5. The topological polar surface area (TPSA) is 43.8 Å². The third-order valence-electron chi connectivity index (χ3n) is 2.75. The third kappa shape index (κ3) is 3.69. The SMILES string of the molecule is Cc1cc(SC(F)(F)F)n(Cc2ccc(N)c(C)c2)n1. The lowest BCUT2D eigenvalue weighted by Crippen LogP contribution is -2.07. The fraction of sp³-hybridized carbons (Fsp3) is 0.308. The van der Waals surface area contributed by atoms with E-state index < -0.39 is 5.51 Å². The summed E-state index contributed by atoms with van der Waals surface area (Å²) in [6, 6.07) is 6.83. The molecule has 1 aromatic carbocycles. The van der Waals surface area contributed by atoms with E-state index in [-0.39, 0.29) is 23.3 Å². The minimum absolute atomic E-state index is 0.0875. The Morgan fingerprint density at radius 3 is 2.55 bits per heavy atom. The number of benzene rings is 1. The van der Waals surface area contributed by atoms with Crippen molar-refractivity contribution in [3.05, 3.63) is 41.1 Å². The van der Waals surface area contributed by atoms with E-state index in [1.165, 1.54) is 10.7 Å². The summed E-state index contributed by atoms with van der Waals surface area (Å²) in [5.74, 6) is 0. The number of rotatable bonds is 3. The van der Waals surface area contributed by atoms with Gasteiger partial charge >= 0.3 is 5.51 Å². The predicted molar refractivity (Wildman–Crippen MR) is 73.6 cm³/mol. The maximum atomic E-state index is 12.5. The average Bonchev–Trinajstić information content (AvgIpc) is 2.62.